The molecule has 1 saturated carbocycles. The molecule has 9 nitrogen and oxygen atoms in total. The van der Waals surface area contributed by atoms with Gasteiger partial charge < -0.3 is 25.0 Å². The summed E-state index contributed by atoms with van der Waals surface area (Å²) in [6, 6.07) is 3.73. The zero-order valence-electron chi connectivity index (χ0n) is 23.5. The number of hydrogen-bond donors (Lipinski definition) is 2. The molecule has 3 amide bonds. The highest BCUT2D eigenvalue weighted by Crippen LogP contribution is 2.36. The lowest BCUT2D eigenvalue weighted by Gasteiger charge is -2.44. The molecule has 37 heavy (non-hydrogen) atoms. The topological polar surface area (TPSA) is 114 Å². The van der Waals surface area contributed by atoms with Gasteiger partial charge in [-0.25, -0.2) is 4.79 Å². The first-order chi connectivity index (χ1) is 17.3. The fourth-order valence-corrected chi connectivity index (χ4v) is 4.26. The molecule has 9 heteroatoms. The van der Waals surface area contributed by atoms with Gasteiger partial charge in [0.2, 0.25) is 11.8 Å². The van der Waals surface area contributed by atoms with Crippen LogP contribution >= 0.6 is 0 Å². The molecule has 0 heterocycles. The highest BCUT2D eigenvalue weighted by atomic mass is 16.6. The Balaban J connectivity index is 2.55. The number of rotatable bonds is 10. The van der Waals surface area contributed by atoms with Gasteiger partial charge in [0.25, 0.3) is 0 Å². The molecule has 1 aromatic carbocycles. The SMILES string of the molecule is CCC(C)C(NC(=O)OC(C)(C)C)C(=O)N(C1CCC1)C(C(=O)NCC(=O)OC)c1cc(C)ccc1C. The molecule has 1 aromatic rings. The highest BCUT2D eigenvalue weighted by Gasteiger charge is 2.43. The van der Waals surface area contributed by atoms with Crippen molar-refractivity contribution in [2.75, 3.05) is 13.7 Å². The summed E-state index contributed by atoms with van der Waals surface area (Å²) in [5.74, 6) is -1.61. The van der Waals surface area contributed by atoms with Gasteiger partial charge in [-0.2, -0.15) is 0 Å². The predicted molar refractivity (Wildman–Crippen MR) is 141 cm³/mol. The summed E-state index contributed by atoms with van der Waals surface area (Å²) in [6.45, 7) is 12.6. The predicted octanol–water partition coefficient (Wildman–Crippen LogP) is 3.95. The van der Waals surface area contributed by atoms with Gasteiger partial charge in [0.1, 0.15) is 24.2 Å². The van der Waals surface area contributed by atoms with Crippen LogP contribution in [0.5, 0.6) is 0 Å². The summed E-state index contributed by atoms with van der Waals surface area (Å²) < 4.78 is 10.1. The lowest BCUT2D eigenvalue weighted by molar-refractivity contribution is -0.149. The third kappa shape index (κ3) is 8.20. The van der Waals surface area contributed by atoms with E-state index in [9.17, 15) is 19.2 Å². The zero-order chi connectivity index (χ0) is 27.9. The number of carbonyl (C=O) groups is 4. The first-order valence-corrected chi connectivity index (χ1v) is 13.0. The standard InChI is InChI=1S/C28H43N3O6/c1-9-18(3)23(30-27(35)37-28(5,6)7)26(34)31(20-11-10-12-20)24(25(33)29-16-22(32)36-8)21-15-17(2)13-14-19(21)4/h13-15,18,20,23-24H,9-12,16H2,1-8H3,(H,29,33)(H,30,35). The lowest BCUT2D eigenvalue weighted by atomic mass is 9.86. The van der Waals surface area contributed by atoms with Crippen LogP contribution in [-0.4, -0.2) is 60.1 Å². The number of aryl methyl sites for hydroxylation is 2. The van der Waals surface area contributed by atoms with Crippen LogP contribution < -0.4 is 10.6 Å². The summed E-state index contributed by atoms with van der Waals surface area (Å²) in [6.07, 6.45) is 2.38. The van der Waals surface area contributed by atoms with Crippen molar-refractivity contribution >= 4 is 23.9 Å². The van der Waals surface area contributed by atoms with Gasteiger partial charge >= 0.3 is 12.1 Å². The minimum Gasteiger partial charge on any atom is -0.468 e. The van der Waals surface area contributed by atoms with Crippen LogP contribution in [-0.2, 0) is 23.9 Å². The van der Waals surface area contributed by atoms with E-state index in [0.717, 1.165) is 30.4 Å². The molecule has 2 rings (SSSR count). The summed E-state index contributed by atoms with van der Waals surface area (Å²) in [5.41, 5.74) is 1.75. The van der Waals surface area contributed by atoms with Crippen molar-refractivity contribution in [3.05, 3.63) is 34.9 Å². The second-order valence-electron chi connectivity index (χ2n) is 10.9. The fourth-order valence-electron chi connectivity index (χ4n) is 4.26. The van der Waals surface area contributed by atoms with Crippen LogP contribution in [0, 0.1) is 19.8 Å². The number of benzene rings is 1. The quantitative estimate of drug-likeness (QED) is 0.454. The van der Waals surface area contributed by atoms with Gasteiger partial charge in [-0.15, -0.1) is 0 Å². The van der Waals surface area contributed by atoms with E-state index in [4.69, 9.17) is 4.74 Å². The van der Waals surface area contributed by atoms with E-state index in [-0.39, 0.29) is 24.4 Å². The number of nitrogens with one attached hydrogen (secondary N) is 2. The second kappa shape index (κ2) is 12.9. The number of amides is 3. The van der Waals surface area contributed by atoms with Crippen LogP contribution in [0.25, 0.3) is 0 Å². The van der Waals surface area contributed by atoms with Crippen molar-refractivity contribution in [3.8, 4) is 0 Å². The number of hydrogen-bond acceptors (Lipinski definition) is 6. The second-order valence-corrected chi connectivity index (χ2v) is 10.9. The Kier molecular flexibility index (Phi) is 10.5. The van der Waals surface area contributed by atoms with Crippen molar-refractivity contribution in [3.63, 3.8) is 0 Å². The monoisotopic (exact) mass is 517 g/mol. The maximum Gasteiger partial charge on any atom is 0.408 e. The van der Waals surface area contributed by atoms with E-state index >= 15 is 0 Å². The van der Waals surface area contributed by atoms with Crippen molar-refractivity contribution in [2.45, 2.75) is 97.9 Å². The smallest absolute Gasteiger partial charge is 0.408 e. The van der Waals surface area contributed by atoms with E-state index < -0.39 is 35.7 Å². The molecule has 0 aliphatic heterocycles. The molecule has 0 aromatic heterocycles. The minimum atomic E-state index is -0.977. The number of carbonyl (C=O) groups excluding carboxylic acids is 4. The number of alkyl carbamates (subject to hydrolysis) is 1. The minimum absolute atomic E-state index is 0.173. The third-order valence-electron chi connectivity index (χ3n) is 6.76. The molecule has 0 bridgehead atoms. The van der Waals surface area contributed by atoms with Crippen molar-refractivity contribution in [1.29, 1.82) is 0 Å². The van der Waals surface area contributed by atoms with Gasteiger partial charge in [0.05, 0.1) is 7.11 Å². The van der Waals surface area contributed by atoms with E-state index in [2.05, 4.69) is 15.4 Å². The fraction of sp³-hybridized carbons (Fsp3) is 0.643. The average Bonchev–Trinajstić information content (AvgIpc) is 2.79. The highest BCUT2D eigenvalue weighted by molar-refractivity contribution is 5.93. The van der Waals surface area contributed by atoms with E-state index in [1.165, 1.54) is 7.11 Å². The third-order valence-corrected chi connectivity index (χ3v) is 6.76. The number of nitrogens with zero attached hydrogens (tertiary/aromatic N) is 1. The van der Waals surface area contributed by atoms with E-state index in [1.807, 2.05) is 45.9 Å². The van der Waals surface area contributed by atoms with Crippen LogP contribution in [0.4, 0.5) is 4.79 Å². The van der Waals surface area contributed by atoms with Gasteiger partial charge in [-0.3, -0.25) is 14.4 Å². The van der Waals surface area contributed by atoms with Crippen LogP contribution in [0.1, 0.15) is 83.0 Å². The molecule has 0 radical (unpaired) electrons. The Labute approximate surface area is 220 Å². The zero-order valence-corrected chi connectivity index (χ0v) is 23.5. The summed E-state index contributed by atoms with van der Waals surface area (Å²) in [5, 5.41) is 5.43. The Morgan fingerprint density at radius 3 is 2.30 bits per heavy atom. The normalized spacial score (nSPS) is 16.0. The van der Waals surface area contributed by atoms with Crippen LogP contribution in [0.15, 0.2) is 18.2 Å². The van der Waals surface area contributed by atoms with Crippen LogP contribution in [0.3, 0.4) is 0 Å². The average molecular weight is 518 g/mol. The van der Waals surface area contributed by atoms with Gasteiger partial charge in [-0.05, 0) is 70.9 Å². The first kappa shape index (κ1) is 30.1. The molecule has 3 atom stereocenters. The first-order valence-electron chi connectivity index (χ1n) is 13.0. The van der Waals surface area contributed by atoms with Crippen LogP contribution in [0.2, 0.25) is 0 Å². The molecule has 1 aliphatic rings. The van der Waals surface area contributed by atoms with Crippen molar-refractivity contribution in [2.24, 2.45) is 5.92 Å². The van der Waals surface area contributed by atoms with Crippen molar-refractivity contribution < 1.29 is 28.7 Å². The lowest BCUT2D eigenvalue weighted by Crippen LogP contribution is -2.59. The number of esters is 1. The molecule has 2 N–H and O–H groups in total. The Bertz CT molecular complexity index is 983. The maximum atomic E-state index is 14.3. The molecule has 0 spiro atoms. The molecule has 0 saturated heterocycles. The Morgan fingerprint density at radius 2 is 1.78 bits per heavy atom. The summed E-state index contributed by atoms with van der Waals surface area (Å²) in [4.78, 5) is 54.1. The summed E-state index contributed by atoms with van der Waals surface area (Å²) >= 11 is 0. The molecular weight excluding hydrogens is 474 g/mol. The molecule has 206 valence electrons. The van der Waals surface area contributed by atoms with Gasteiger partial charge in [-0.1, -0.05) is 44.0 Å². The van der Waals surface area contributed by atoms with E-state index in [1.54, 1.807) is 25.7 Å². The largest absolute Gasteiger partial charge is 0.468 e. The molecule has 3 unspecified atom stereocenters. The number of ether oxygens (including phenoxy) is 2. The Morgan fingerprint density at radius 1 is 1.14 bits per heavy atom. The number of methoxy groups -OCH3 is 1. The molecule has 1 aliphatic carbocycles. The van der Waals surface area contributed by atoms with Crippen molar-refractivity contribution in [1.82, 2.24) is 15.5 Å². The van der Waals surface area contributed by atoms with Gasteiger partial charge in [0, 0.05) is 6.04 Å². The van der Waals surface area contributed by atoms with E-state index in [0.29, 0.717) is 12.0 Å². The Hall–Kier alpha value is -3.10. The maximum absolute atomic E-state index is 14.3. The van der Waals surface area contributed by atoms with Gasteiger partial charge in [0.15, 0.2) is 0 Å². The molecule has 1 fully saturated rings. The molecular formula is C28H43N3O6. The summed E-state index contributed by atoms with van der Waals surface area (Å²) in [7, 11) is 1.25.